The van der Waals surface area contributed by atoms with Crippen LogP contribution in [0.4, 0.5) is 5.69 Å². The molecular weight excluding hydrogens is 422 g/mol. The van der Waals surface area contributed by atoms with Crippen LogP contribution >= 0.6 is 11.7 Å². The number of carboxylic acid groups (broad SMARTS) is 1. The van der Waals surface area contributed by atoms with Crippen molar-refractivity contribution in [2.45, 2.75) is 51.4 Å². The fourth-order valence-corrected chi connectivity index (χ4v) is 4.39. The third-order valence-electron chi connectivity index (χ3n) is 5.60. The minimum Gasteiger partial charge on any atom is -0.478 e. The Labute approximate surface area is 184 Å². The summed E-state index contributed by atoms with van der Waals surface area (Å²) in [7, 11) is -1.03. The largest absolute Gasteiger partial charge is 0.478 e. The van der Waals surface area contributed by atoms with E-state index < -0.39 is 14.7 Å². The van der Waals surface area contributed by atoms with E-state index in [0.717, 1.165) is 18.5 Å². The highest BCUT2D eigenvalue weighted by atomic mass is 33.3. The second-order valence-corrected chi connectivity index (χ2v) is 11.8. The SMILES string of the molecule is CC1(C)CCC(C)(C)c2cc(N=C(OS(=S)S)c3ccc(C(=O)O)cc3)ccc21. The van der Waals surface area contributed by atoms with Crippen LogP contribution in [0.25, 0.3) is 0 Å². The number of hydrogen-bond donors (Lipinski definition) is 2. The highest BCUT2D eigenvalue weighted by molar-refractivity contribution is 8.74. The number of rotatable bonds is 4. The van der Waals surface area contributed by atoms with Crippen molar-refractivity contribution in [1.29, 1.82) is 0 Å². The molecule has 0 aromatic heterocycles. The van der Waals surface area contributed by atoms with Gasteiger partial charge in [0, 0.05) is 16.8 Å². The van der Waals surface area contributed by atoms with Crippen LogP contribution in [0.3, 0.4) is 0 Å². The lowest BCUT2D eigenvalue weighted by Crippen LogP contribution is -2.33. The van der Waals surface area contributed by atoms with Gasteiger partial charge >= 0.3 is 5.97 Å². The van der Waals surface area contributed by atoms with Crippen molar-refractivity contribution in [2.24, 2.45) is 4.99 Å². The zero-order chi connectivity index (χ0) is 21.4. The van der Waals surface area contributed by atoms with Gasteiger partial charge in [0.15, 0.2) is 0 Å². The molecule has 0 bridgehead atoms. The lowest BCUT2D eigenvalue weighted by Gasteiger charge is -2.41. The summed E-state index contributed by atoms with van der Waals surface area (Å²) in [5.41, 5.74) is 4.51. The van der Waals surface area contributed by atoms with Crippen LogP contribution < -0.4 is 0 Å². The summed E-state index contributed by atoms with van der Waals surface area (Å²) in [5.74, 6) is -0.643. The third kappa shape index (κ3) is 4.90. The van der Waals surface area contributed by atoms with Crippen molar-refractivity contribution >= 4 is 49.2 Å². The molecule has 0 amide bonds. The van der Waals surface area contributed by atoms with Crippen LogP contribution in [0.1, 0.15) is 67.6 Å². The maximum absolute atomic E-state index is 11.1. The van der Waals surface area contributed by atoms with Crippen LogP contribution in [-0.2, 0) is 35.0 Å². The van der Waals surface area contributed by atoms with Crippen LogP contribution in [-0.4, -0.2) is 17.0 Å². The van der Waals surface area contributed by atoms with E-state index in [1.165, 1.54) is 23.3 Å². The topological polar surface area (TPSA) is 58.9 Å². The predicted molar refractivity (Wildman–Crippen MR) is 126 cm³/mol. The molecule has 3 rings (SSSR count). The average Bonchev–Trinajstić information content (AvgIpc) is 2.65. The van der Waals surface area contributed by atoms with Crippen LogP contribution in [0, 0.1) is 0 Å². The quantitative estimate of drug-likeness (QED) is 0.274. The first-order valence-corrected chi connectivity index (χ1v) is 12.5. The molecule has 1 aliphatic rings. The maximum atomic E-state index is 11.1. The number of fused-ring (bicyclic) bond motifs is 1. The first-order chi connectivity index (χ1) is 13.5. The molecule has 1 aliphatic carbocycles. The van der Waals surface area contributed by atoms with Gasteiger partial charge in [-0.05, 0) is 71.2 Å². The van der Waals surface area contributed by atoms with Crippen molar-refractivity contribution in [3.05, 3.63) is 64.7 Å². The zero-order valence-corrected chi connectivity index (χ0v) is 19.5. The number of thiol groups is 1. The van der Waals surface area contributed by atoms with Gasteiger partial charge in [-0.2, -0.15) is 0 Å². The minimum absolute atomic E-state index is 0.0758. The molecule has 0 saturated heterocycles. The van der Waals surface area contributed by atoms with E-state index in [1.54, 1.807) is 12.1 Å². The second kappa shape index (κ2) is 8.20. The molecule has 1 unspecified atom stereocenters. The van der Waals surface area contributed by atoms with Gasteiger partial charge in [0.1, 0.15) is 8.77 Å². The maximum Gasteiger partial charge on any atom is 0.335 e. The number of carboxylic acids is 1. The fraction of sp³-hybridized carbons (Fsp3) is 0.364. The zero-order valence-electron chi connectivity index (χ0n) is 16.9. The molecule has 0 saturated carbocycles. The van der Waals surface area contributed by atoms with E-state index >= 15 is 0 Å². The summed E-state index contributed by atoms with van der Waals surface area (Å²) < 4.78 is 5.69. The third-order valence-corrected chi connectivity index (χ3v) is 6.32. The van der Waals surface area contributed by atoms with Crippen molar-refractivity contribution < 1.29 is 14.1 Å². The van der Waals surface area contributed by atoms with E-state index in [0.29, 0.717) is 11.5 Å². The average molecular weight is 448 g/mol. The van der Waals surface area contributed by atoms with E-state index in [1.807, 2.05) is 6.07 Å². The Balaban J connectivity index is 2.06. The molecule has 0 aliphatic heterocycles. The van der Waals surface area contributed by atoms with Crippen LogP contribution in [0.15, 0.2) is 47.5 Å². The van der Waals surface area contributed by atoms with Gasteiger partial charge in [-0.1, -0.05) is 45.4 Å². The number of carbonyl (C=O) groups is 1. The molecule has 0 fully saturated rings. The Bertz CT molecular complexity index is 995. The van der Waals surface area contributed by atoms with Crippen molar-refractivity contribution in [3.8, 4) is 0 Å². The van der Waals surface area contributed by atoms with Crippen molar-refractivity contribution in [1.82, 2.24) is 0 Å². The fourth-order valence-electron chi connectivity index (χ4n) is 3.72. The van der Waals surface area contributed by atoms with E-state index in [2.05, 4.69) is 51.5 Å². The van der Waals surface area contributed by atoms with Crippen LogP contribution in [0.2, 0.25) is 0 Å². The van der Waals surface area contributed by atoms with Crippen LogP contribution in [0.5, 0.6) is 0 Å². The van der Waals surface area contributed by atoms with Crippen molar-refractivity contribution in [3.63, 3.8) is 0 Å². The molecule has 154 valence electrons. The Morgan fingerprint density at radius 2 is 1.59 bits per heavy atom. The number of aliphatic imine (C=N–C) groups is 1. The molecule has 7 heteroatoms. The molecular formula is C22H25NO3S3. The lowest BCUT2D eigenvalue weighted by molar-refractivity contribution is 0.0697. The Hall–Kier alpha value is -1.70. The highest BCUT2D eigenvalue weighted by Crippen LogP contribution is 2.46. The van der Waals surface area contributed by atoms with Crippen molar-refractivity contribution in [2.75, 3.05) is 0 Å². The summed E-state index contributed by atoms with van der Waals surface area (Å²) in [5, 5.41) is 9.11. The molecule has 29 heavy (non-hydrogen) atoms. The number of hydrogen-bond acceptors (Lipinski definition) is 4. The summed E-state index contributed by atoms with van der Waals surface area (Å²) in [4.78, 5) is 15.8. The summed E-state index contributed by atoms with van der Waals surface area (Å²) in [6.45, 7) is 9.11. The Morgan fingerprint density at radius 3 is 2.14 bits per heavy atom. The highest BCUT2D eigenvalue weighted by Gasteiger charge is 2.37. The van der Waals surface area contributed by atoms with Gasteiger partial charge in [0.05, 0.1) is 11.3 Å². The number of nitrogens with zero attached hydrogens (tertiary/aromatic N) is 1. The second-order valence-electron chi connectivity index (χ2n) is 8.60. The Morgan fingerprint density at radius 1 is 1.03 bits per heavy atom. The minimum atomic E-state index is -1.03. The predicted octanol–water partition coefficient (Wildman–Crippen LogP) is 5.67. The molecule has 1 atom stereocenters. The Kier molecular flexibility index (Phi) is 6.22. The molecule has 1 N–H and O–H groups in total. The first kappa shape index (κ1) is 22.0. The smallest absolute Gasteiger partial charge is 0.335 e. The summed E-state index contributed by atoms with van der Waals surface area (Å²) >= 11 is 9.28. The van der Waals surface area contributed by atoms with E-state index in [-0.39, 0.29) is 16.4 Å². The van der Waals surface area contributed by atoms with Gasteiger partial charge in [-0.3, -0.25) is 0 Å². The molecule has 4 nitrogen and oxygen atoms in total. The van der Waals surface area contributed by atoms with Gasteiger partial charge in [-0.15, -0.1) is 0 Å². The van der Waals surface area contributed by atoms with Gasteiger partial charge in [0.25, 0.3) is 0 Å². The summed E-state index contributed by atoms with van der Waals surface area (Å²) in [6, 6.07) is 12.7. The standard InChI is InChI=1S/C22H25NO3S3/c1-21(2)11-12-22(3,4)18-13-16(9-10-17(18)21)23-19(26-29(27)28)14-5-7-15(8-6-14)20(24)25/h5-10,13H,11-12H2,1-4H3,(H,24,25)(H,27,28). The summed E-state index contributed by atoms with van der Waals surface area (Å²) in [6.07, 6.45) is 2.27. The molecule has 0 spiro atoms. The van der Waals surface area contributed by atoms with Gasteiger partial charge < -0.3 is 9.29 Å². The number of aromatic carboxylic acids is 1. The number of benzene rings is 2. The lowest BCUT2D eigenvalue weighted by atomic mass is 9.63. The normalized spacial score (nSPS) is 18.6. The monoisotopic (exact) mass is 447 g/mol. The van der Waals surface area contributed by atoms with E-state index in [4.69, 9.17) is 25.5 Å². The molecule has 0 heterocycles. The molecule has 0 radical (unpaired) electrons. The molecule has 2 aromatic rings. The van der Waals surface area contributed by atoms with Gasteiger partial charge in [0.2, 0.25) is 5.90 Å². The van der Waals surface area contributed by atoms with E-state index in [9.17, 15) is 4.79 Å². The van der Waals surface area contributed by atoms with Gasteiger partial charge in [-0.25, -0.2) is 9.79 Å². The molecule has 2 aromatic carbocycles. The first-order valence-electron chi connectivity index (χ1n) is 9.36.